The molecule has 170 valence electrons. The Bertz CT molecular complexity index is 997. The SMILES string of the molecule is O=C1Nc2ccc(Br)cc2C(O)(C(=O)NCCCN2CCCCC2)N1c1ccc(Cl)cc1. The number of piperidine rings is 1. The van der Waals surface area contributed by atoms with E-state index >= 15 is 0 Å². The van der Waals surface area contributed by atoms with Crippen LogP contribution in [0.2, 0.25) is 5.02 Å². The summed E-state index contributed by atoms with van der Waals surface area (Å²) in [6.45, 7) is 3.47. The van der Waals surface area contributed by atoms with E-state index in [4.69, 9.17) is 11.6 Å². The molecule has 0 radical (unpaired) electrons. The molecule has 0 bridgehead atoms. The quantitative estimate of drug-likeness (QED) is 0.495. The van der Waals surface area contributed by atoms with Crippen LogP contribution in [0.15, 0.2) is 46.9 Å². The van der Waals surface area contributed by atoms with Gasteiger partial charge in [-0.15, -0.1) is 0 Å². The maximum atomic E-state index is 13.4. The van der Waals surface area contributed by atoms with Crippen LogP contribution in [-0.2, 0) is 10.5 Å². The van der Waals surface area contributed by atoms with Crippen molar-refractivity contribution in [3.05, 3.63) is 57.5 Å². The van der Waals surface area contributed by atoms with Gasteiger partial charge in [-0.3, -0.25) is 9.69 Å². The number of halogens is 2. The number of aliphatic hydroxyl groups is 1. The molecular formula is C23H26BrClN4O3. The van der Waals surface area contributed by atoms with Crippen molar-refractivity contribution in [3.63, 3.8) is 0 Å². The van der Waals surface area contributed by atoms with E-state index in [1.54, 1.807) is 42.5 Å². The van der Waals surface area contributed by atoms with Crippen LogP contribution in [-0.4, -0.2) is 48.1 Å². The molecule has 4 rings (SSSR count). The van der Waals surface area contributed by atoms with Crippen LogP contribution < -0.4 is 15.5 Å². The average Bonchev–Trinajstić information content (AvgIpc) is 2.79. The van der Waals surface area contributed by atoms with E-state index in [1.165, 1.54) is 19.3 Å². The van der Waals surface area contributed by atoms with Crippen molar-refractivity contribution in [3.8, 4) is 0 Å². The summed E-state index contributed by atoms with van der Waals surface area (Å²) in [5.41, 5.74) is -1.20. The summed E-state index contributed by atoms with van der Waals surface area (Å²) in [6.07, 6.45) is 4.46. The van der Waals surface area contributed by atoms with E-state index in [2.05, 4.69) is 31.5 Å². The van der Waals surface area contributed by atoms with Gasteiger partial charge >= 0.3 is 6.03 Å². The first-order valence-electron chi connectivity index (χ1n) is 10.8. The predicted molar refractivity (Wildman–Crippen MR) is 129 cm³/mol. The van der Waals surface area contributed by atoms with E-state index in [-0.39, 0.29) is 5.56 Å². The summed E-state index contributed by atoms with van der Waals surface area (Å²) in [6, 6.07) is 10.9. The highest BCUT2D eigenvalue weighted by molar-refractivity contribution is 9.10. The number of urea groups is 1. The molecule has 2 aliphatic rings. The largest absolute Gasteiger partial charge is 0.359 e. The minimum absolute atomic E-state index is 0.287. The lowest BCUT2D eigenvalue weighted by Gasteiger charge is -2.42. The van der Waals surface area contributed by atoms with E-state index in [1.807, 2.05) is 0 Å². The minimum Gasteiger partial charge on any atom is -0.359 e. The second-order valence-electron chi connectivity index (χ2n) is 8.12. The number of nitrogens with zero attached hydrogens (tertiary/aromatic N) is 2. The summed E-state index contributed by atoms with van der Waals surface area (Å²) >= 11 is 9.40. The van der Waals surface area contributed by atoms with Crippen molar-refractivity contribution >= 4 is 50.8 Å². The van der Waals surface area contributed by atoms with Gasteiger partial charge in [-0.25, -0.2) is 4.79 Å². The van der Waals surface area contributed by atoms with E-state index in [0.717, 1.165) is 31.0 Å². The van der Waals surface area contributed by atoms with E-state index < -0.39 is 17.7 Å². The fraction of sp³-hybridized carbons (Fsp3) is 0.391. The summed E-state index contributed by atoms with van der Waals surface area (Å²) in [5, 5.41) is 17.9. The van der Waals surface area contributed by atoms with Gasteiger partial charge in [0.15, 0.2) is 0 Å². The van der Waals surface area contributed by atoms with Crippen LogP contribution in [0, 0.1) is 0 Å². The summed E-state index contributed by atoms with van der Waals surface area (Å²) in [7, 11) is 0. The number of rotatable bonds is 6. The normalized spacial score (nSPS) is 21.1. The first kappa shape index (κ1) is 23.0. The number of likely N-dealkylation sites (tertiary alicyclic amines) is 1. The summed E-state index contributed by atoms with van der Waals surface area (Å²) in [5.74, 6) is -0.653. The monoisotopic (exact) mass is 520 g/mol. The highest BCUT2D eigenvalue weighted by Crippen LogP contribution is 2.41. The summed E-state index contributed by atoms with van der Waals surface area (Å²) in [4.78, 5) is 29.9. The molecule has 1 fully saturated rings. The van der Waals surface area contributed by atoms with Gasteiger partial charge in [0.2, 0.25) is 0 Å². The molecular weight excluding hydrogens is 496 g/mol. The number of nitrogens with one attached hydrogen (secondary N) is 2. The van der Waals surface area contributed by atoms with E-state index in [9.17, 15) is 14.7 Å². The molecule has 1 unspecified atom stereocenters. The second-order valence-corrected chi connectivity index (χ2v) is 9.47. The van der Waals surface area contributed by atoms with Crippen molar-refractivity contribution < 1.29 is 14.7 Å². The minimum atomic E-state index is -2.22. The Kier molecular flexibility index (Phi) is 7.05. The molecule has 9 heteroatoms. The number of hydrogen-bond acceptors (Lipinski definition) is 4. The first-order chi connectivity index (χ1) is 15.4. The van der Waals surface area contributed by atoms with Crippen LogP contribution in [0.3, 0.4) is 0 Å². The zero-order valence-corrected chi connectivity index (χ0v) is 20.0. The molecule has 3 N–H and O–H groups in total. The molecule has 2 heterocycles. The maximum absolute atomic E-state index is 13.4. The average molecular weight is 522 g/mol. The zero-order valence-electron chi connectivity index (χ0n) is 17.6. The zero-order chi connectivity index (χ0) is 22.7. The second kappa shape index (κ2) is 9.79. The summed E-state index contributed by atoms with van der Waals surface area (Å²) < 4.78 is 0.680. The molecule has 0 spiro atoms. The van der Waals surface area contributed by atoms with Gasteiger partial charge in [0.1, 0.15) is 0 Å². The van der Waals surface area contributed by atoms with Crippen molar-refractivity contribution in [2.45, 2.75) is 31.4 Å². The predicted octanol–water partition coefficient (Wildman–Crippen LogP) is 4.29. The molecule has 2 aromatic carbocycles. The topological polar surface area (TPSA) is 84.9 Å². The van der Waals surface area contributed by atoms with Gasteiger partial charge in [-0.1, -0.05) is 34.0 Å². The number of fused-ring (bicyclic) bond motifs is 1. The molecule has 2 aromatic rings. The third-order valence-electron chi connectivity index (χ3n) is 5.91. The molecule has 1 atom stereocenters. The Morgan fingerprint density at radius 3 is 2.59 bits per heavy atom. The van der Waals surface area contributed by atoms with Gasteiger partial charge in [-0.05, 0) is 81.4 Å². The lowest BCUT2D eigenvalue weighted by molar-refractivity contribution is -0.140. The third kappa shape index (κ3) is 4.64. The van der Waals surface area contributed by atoms with Crippen molar-refractivity contribution in [1.29, 1.82) is 0 Å². The molecule has 2 aliphatic heterocycles. The van der Waals surface area contributed by atoms with Crippen LogP contribution in [0.25, 0.3) is 0 Å². The Morgan fingerprint density at radius 2 is 1.88 bits per heavy atom. The molecule has 0 saturated carbocycles. The number of benzene rings is 2. The number of anilines is 2. The number of hydrogen-bond donors (Lipinski definition) is 3. The van der Waals surface area contributed by atoms with Crippen molar-refractivity contribution in [2.75, 3.05) is 36.4 Å². The molecule has 7 nitrogen and oxygen atoms in total. The lowest BCUT2D eigenvalue weighted by atomic mass is 9.94. The molecule has 3 amide bonds. The lowest BCUT2D eigenvalue weighted by Crippen LogP contribution is -2.62. The Labute approximate surface area is 200 Å². The number of carbonyl (C=O) groups excluding carboxylic acids is 2. The van der Waals surface area contributed by atoms with Crippen molar-refractivity contribution in [1.82, 2.24) is 10.2 Å². The van der Waals surface area contributed by atoms with Crippen LogP contribution in [0.4, 0.5) is 16.2 Å². The Balaban J connectivity index is 1.59. The highest BCUT2D eigenvalue weighted by atomic mass is 79.9. The number of carbonyl (C=O) groups is 2. The van der Waals surface area contributed by atoms with E-state index in [0.29, 0.717) is 27.4 Å². The van der Waals surface area contributed by atoms with Crippen LogP contribution in [0.1, 0.15) is 31.2 Å². The Hall–Kier alpha value is -2.13. The van der Waals surface area contributed by atoms with Crippen molar-refractivity contribution in [2.24, 2.45) is 0 Å². The standard InChI is InChI=1S/C23H26BrClN4O3/c24-16-5-10-20-19(15-16)23(32,21(30)26-11-4-14-28-12-2-1-3-13-28)29(22(31)27-20)18-8-6-17(25)7-9-18/h5-10,15,32H,1-4,11-14H2,(H,26,30)(H,27,31). The molecule has 32 heavy (non-hydrogen) atoms. The highest BCUT2D eigenvalue weighted by Gasteiger charge is 2.52. The van der Waals surface area contributed by atoms with Crippen LogP contribution >= 0.6 is 27.5 Å². The van der Waals surface area contributed by atoms with Crippen LogP contribution in [0.5, 0.6) is 0 Å². The molecule has 1 saturated heterocycles. The van der Waals surface area contributed by atoms with Gasteiger partial charge in [0, 0.05) is 27.3 Å². The molecule has 0 aliphatic carbocycles. The van der Waals surface area contributed by atoms with Gasteiger partial charge < -0.3 is 20.6 Å². The van der Waals surface area contributed by atoms with Gasteiger partial charge in [-0.2, -0.15) is 0 Å². The smallest absolute Gasteiger partial charge is 0.329 e. The fourth-order valence-corrected chi connectivity index (χ4v) is 4.77. The Morgan fingerprint density at radius 1 is 1.16 bits per heavy atom. The third-order valence-corrected chi connectivity index (χ3v) is 6.66. The fourth-order valence-electron chi connectivity index (χ4n) is 4.28. The molecule has 0 aromatic heterocycles. The maximum Gasteiger partial charge on any atom is 0.329 e. The first-order valence-corrected chi connectivity index (χ1v) is 12.0. The number of amides is 3. The van der Waals surface area contributed by atoms with Gasteiger partial charge in [0.05, 0.1) is 5.69 Å². The van der Waals surface area contributed by atoms with Gasteiger partial charge in [0.25, 0.3) is 11.6 Å².